The van der Waals surface area contributed by atoms with E-state index in [1.165, 1.54) is 24.5 Å². The number of H-pyrrole nitrogens is 1. The predicted molar refractivity (Wildman–Crippen MR) is 68.5 cm³/mol. The summed E-state index contributed by atoms with van der Waals surface area (Å²) in [6.07, 6.45) is 1.18. The van der Waals surface area contributed by atoms with Gasteiger partial charge >= 0.3 is 0 Å². The van der Waals surface area contributed by atoms with Gasteiger partial charge in [-0.25, -0.2) is 9.37 Å². The lowest BCUT2D eigenvalue weighted by Crippen LogP contribution is -2.11. The summed E-state index contributed by atoms with van der Waals surface area (Å²) in [7, 11) is 0. The fourth-order valence-corrected chi connectivity index (χ4v) is 1.57. The largest absolute Gasteiger partial charge is 0.432 e. The summed E-state index contributed by atoms with van der Waals surface area (Å²) in [5.74, 6) is -0.724. The fraction of sp³-hybridized carbons (Fsp3) is 0. The van der Waals surface area contributed by atoms with Gasteiger partial charge < -0.3 is 15.5 Å². The molecule has 0 spiro atoms. The number of nitrogens with zero attached hydrogens (tertiary/aromatic N) is 1. The third kappa shape index (κ3) is 2.38. The third-order valence-corrected chi connectivity index (χ3v) is 2.91. The Bertz CT molecular complexity index is 594. The molecule has 0 unspecified atom stereocenters. The number of rotatable bonds is 2. The zero-order valence-corrected chi connectivity index (χ0v) is 10.6. The first-order chi connectivity index (χ1) is 8.09. The summed E-state index contributed by atoms with van der Waals surface area (Å²) in [5.41, 5.74) is 5.36. The van der Waals surface area contributed by atoms with Crippen LogP contribution in [-0.2, 0) is 0 Å². The minimum Gasteiger partial charge on any atom is -0.432 e. The van der Waals surface area contributed by atoms with Crippen LogP contribution in [0.2, 0.25) is 0 Å². The highest BCUT2D eigenvalue weighted by Crippen LogP contribution is 2.30. The number of aromatic amines is 1. The van der Waals surface area contributed by atoms with E-state index in [0.717, 1.165) is 0 Å². The number of aromatic nitrogens is 2. The molecular formula is C10H7FIN3O2. The molecule has 0 saturated heterocycles. The molecule has 0 fully saturated rings. The minimum atomic E-state index is -0.608. The summed E-state index contributed by atoms with van der Waals surface area (Å²) in [6.45, 7) is 0. The molecule has 5 nitrogen and oxygen atoms in total. The van der Waals surface area contributed by atoms with Crippen molar-refractivity contribution in [2.24, 2.45) is 0 Å². The fourth-order valence-electron chi connectivity index (χ4n) is 1.17. The van der Waals surface area contributed by atoms with Gasteiger partial charge in [-0.2, -0.15) is 0 Å². The highest BCUT2D eigenvalue weighted by molar-refractivity contribution is 14.1. The van der Waals surface area contributed by atoms with Crippen molar-refractivity contribution in [3.63, 3.8) is 0 Å². The van der Waals surface area contributed by atoms with Crippen molar-refractivity contribution in [3.05, 3.63) is 44.3 Å². The molecule has 2 aromatic rings. The quantitative estimate of drug-likeness (QED) is 0.642. The van der Waals surface area contributed by atoms with Gasteiger partial charge in [0.25, 0.3) is 5.56 Å². The van der Waals surface area contributed by atoms with Crippen molar-refractivity contribution in [1.29, 1.82) is 0 Å². The molecule has 3 N–H and O–H groups in total. The highest BCUT2D eigenvalue weighted by atomic mass is 127. The van der Waals surface area contributed by atoms with Gasteiger partial charge in [-0.15, -0.1) is 0 Å². The lowest BCUT2D eigenvalue weighted by atomic mass is 10.3. The Morgan fingerprint density at radius 2 is 2.24 bits per heavy atom. The number of nitrogen functional groups attached to an aromatic ring is 1. The number of ether oxygens (including phenoxy) is 1. The van der Waals surface area contributed by atoms with Crippen molar-refractivity contribution in [2.75, 3.05) is 5.73 Å². The van der Waals surface area contributed by atoms with Crippen LogP contribution in [0.3, 0.4) is 0 Å². The van der Waals surface area contributed by atoms with E-state index in [1.54, 1.807) is 22.6 Å². The number of benzene rings is 1. The Morgan fingerprint density at radius 1 is 1.47 bits per heavy atom. The number of para-hydroxylation sites is 1. The van der Waals surface area contributed by atoms with E-state index >= 15 is 0 Å². The van der Waals surface area contributed by atoms with Crippen LogP contribution in [0, 0.1) is 9.39 Å². The van der Waals surface area contributed by atoms with Crippen LogP contribution in [0.1, 0.15) is 0 Å². The van der Waals surface area contributed by atoms with Gasteiger partial charge in [-0.05, 0) is 34.7 Å². The van der Waals surface area contributed by atoms with Crippen molar-refractivity contribution in [3.8, 4) is 11.6 Å². The first kappa shape index (κ1) is 11.8. The van der Waals surface area contributed by atoms with E-state index in [1.807, 2.05) is 0 Å². The molecule has 0 saturated carbocycles. The van der Waals surface area contributed by atoms with E-state index < -0.39 is 5.82 Å². The molecule has 7 heteroatoms. The van der Waals surface area contributed by atoms with Crippen molar-refractivity contribution >= 4 is 28.3 Å². The van der Waals surface area contributed by atoms with Crippen molar-refractivity contribution < 1.29 is 9.13 Å². The first-order valence-electron chi connectivity index (χ1n) is 4.54. The second kappa shape index (κ2) is 4.70. The van der Waals surface area contributed by atoms with E-state index in [2.05, 4.69) is 9.97 Å². The Kier molecular flexibility index (Phi) is 3.27. The minimum absolute atomic E-state index is 0.0196. The maximum absolute atomic E-state index is 13.4. The molecule has 0 amide bonds. The summed E-state index contributed by atoms with van der Waals surface area (Å²) in [5, 5.41) is 0. The monoisotopic (exact) mass is 347 g/mol. The second-order valence-corrected chi connectivity index (χ2v) is 4.19. The molecule has 17 heavy (non-hydrogen) atoms. The molecule has 0 radical (unpaired) electrons. The van der Waals surface area contributed by atoms with E-state index in [4.69, 9.17) is 10.5 Å². The number of hydrogen-bond acceptors (Lipinski definition) is 4. The average Bonchev–Trinajstić information content (AvgIpc) is 2.29. The van der Waals surface area contributed by atoms with Gasteiger partial charge in [0.2, 0.25) is 5.88 Å². The standard InChI is InChI=1S/C10H7FIN3O2/c11-5-2-1-3-6(13)8(5)17-10-7(12)9(16)14-4-15-10/h1-4H,13H2,(H,14,15,16). The third-order valence-electron chi connectivity index (χ3n) is 1.96. The molecule has 1 heterocycles. The number of nitrogens with two attached hydrogens (primary N) is 1. The Labute approximate surface area is 109 Å². The van der Waals surface area contributed by atoms with E-state index in [0.29, 0.717) is 0 Å². The molecule has 0 aliphatic heterocycles. The Balaban J connectivity index is 2.45. The second-order valence-electron chi connectivity index (χ2n) is 3.11. The van der Waals surface area contributed by atoms with E-state index in [-0.39, 0.29) is 26.4 Å². The van der Waals surface area contributed by atoms with Gasteiger partial charge in [0, 0.05) is 0 Å². The van der Waals surface area contributed by atoms with Crippen LogP contribution >= 0.6 is 22.6 Å². The van der Waals surface area contributed by atoms with Gasteiger partial charge in [0.1, 0.15) is 3.57 Å². The lowest BCUT2D eigenvalue weighted by Gasteiger charge is -2.08. The molecule has 1 aromatic carbocycles. The molecule has 0 atom stereocenters. The summed E-state index contributed by atoms with van der Waals surface area (Å²) >= 11 is 1.76. The van der Waals surface area contributed by atoms with Gasteiger partial charge in [0.05, 0.1) is 12.0 Å². The van der Waals surface area contributed by atoms with Gasteiger partial charge in [-0.3, -0.25) is 4.79 Å². The van der Waals surface area contributed by atoms with Crippen LogP contribution in [-0.4, -0.2) is 9.97 Å². The highest BCUT2D eigenvalue weighted by Gasteiger charge is 2.13. The summed E-state index contributed by atoms with van der Waals surface area (Å²) in [4.78, 5) is 17.5. The maximum atomic E-state index is 13.4. The molecule has 2 rings (SSSR count). The summed E-state index contributed by atoms with van der Waals surface area (Å²) in [6, 6.07) is 4.18. The predicted octanol–water partition coefficient (Wildman–Crippen LogP) is 1.89. The van der Waals surface area contributed by atoms with Crippen LogP contribution in [0.5, 0.6) is 11.6 Å². The zero-order chi connectivity index (χ0) is 12.4. The molecule has 0 bridgehead atoms. The van der Waals surface area contributed by atoms with Crippen molar-refractivity contribution in [1.82, 2.24) is 9.97 Å². The number of hydrogen-bond donors (Lipinski definition) is 2. The number of nitrogens with one attached hydrogen (secondary N) is 1. The van der Waals surface area contributed by atoms with Crippen LogP contribution < -0.4 is 16.0 Å². The number of halogens is 2. The molecular weight excluding hydrogens is 340 g/mol. The molecule has 1 aromatic heterocycles. The first-order valence-corrected chi connectivity index (χ1v) is 5.62. The van der Waals surface area contributed by atoms with Crippen LogP contribution in [0.4, 0.5) is 10.1 Å². The molecule has 88 valence electrons. The van der Waals surface area contributed by atoms with Gasteiger partial charge in [-0.1, -0.05) is 6.07 Å². The topological polar surface area (TPSA) is 81.0 Å². The normalized spacial score (nSPS) is 10.2. The lowest BCUT2D eigenvalue weighted by molar-refractivity contribution is 0.425. The SMILES string of the molecule is Nc1cccc(F)c1Oc1nc[nH]c(=O)c1I. The average molecular weight is 347 g/mol. The molecule has 0 aliphatic carbocycles. The Hall–Kier alpha value is -1.64. The van der Waals surface area contributed by atoms with E-state index in [9.17, 15) is 9.18 Å². The van der Waals surface area contributed by atoms with Crippen molar-refractivity contribution in [2.45, 2.75) is 0 Å². The van der Waals surface area contributed by atoms with Crippen LogP contribution in [0.25, 0.3) is 0 Å². The Morgan fingerprint density at radius 3 is 2.94 bits per heavy atom. The maximum Gasteiger partial charge on any atom is 0.268 e. The zero-order valence-electron chi connectivity index (χ0n) is 8.41. The molecule has 0 aliphatic rings. The smallest absolute Gasteiger partial charge is 0.268 e. The summed E-state index contributed by atoms with van der Waals surface area (Å²) < 4.78 is 18.9. The van der Waals surface area contributed by atoms with Gasteiger partial charge in [0.15, 0.2) is 11.6 Å². The number of anilines is 1. The van der Waals surface area contributed by atoms with Crippen LogP contribution in [0.15, 0.2) is 29.3 Å².